The number of para-hydroxylation sites is 1. The van der Waals surface area contributed by atoms with E-state index in [9.17, 15) is 9.59 Å². The molecular weight excluding hydrogens is 376 g/mol. The van der Waals surface area contributed by atoms with Gasteiger partial charge in [-0.25, -0.2) is 0 Å². The summed E-state index contributed by atoms with van der Waals surface area (Å²) in [5, 5.41) is 8.62. The molecule has 0 radical (unpaired) electrons. The van der Waals surface area contributed by atoms with Crippen LogP contribution in [0.2, 0.25) is 0 Å². The van der Waals surface area contributed by atoms with Gasteiger partial charge in [0.1, 0.15) is 0 Å². The number of likely N-dealkylation sites (tertiary alicyclic amines) is 1. The molecule has 1 aliphatic heterocycles. The van der Waals surface area contributed by atoms with Gasteiger partial charge >= 0.3 is 0 Å². The van der Waals surface area contributed by atoms with Crippen LogP contribution in [0.3, 0.4) is 0 Å². The fraction of sp³-hybridized carbons (Fsp3) is 0.375. The molecule has 0 atom stereocenters. The summed E-state index contributed by atoms with van der Waals surface area (Å²) in [7, 11) is 0. The number of nitrogens with zero attached hydrogens (tertiary/aromatic N) is 3. The van der Waals surface area contributed by atoms with Crippen LogP contribution in [0, 0.1) is 12.8 Å². The predicted octanol–water partition coefficient (Wildman–Crippen LogP) is 3.40. The topological polar surface area (TPSA) is 67.2 Å². The van der Waals surface area contributed by atoms with Crippen molar-refractivity contribution in [1.29, 1.82) is 0 Å². The Kier molecular flexibility index (Phi) is 6.12. The van der Waals surface area contributed by atoms with E-state index in [-0.39, 0.29) is 17.7 Å². The normalized spacial score (nSPS) is 14.8. The van der Waals surface area contributed by atoms with Crippen LogP contribution in [0.15, 0.2) is 54.7 Å². The fourth-order valence-electron chi connectivity index (χ4n) is 4.01. The summed E-state index contributed by atoms with van der Waals surface area (Å²) in [5.41, 5.74) is 2.98. The maximum Gasteiger partial charge on any atom is 0.253 e. The molecule has 1 fully saturated rings. The molecule has 6 nitrogen and oxygen atoms in total. The lowest BCUT2D eigenvalue weighted by Crippen LogP contribution is -2.43. The van der Waals surface area contributed by atoms with Gasteiger partial charge in [0, 0.05) is 43.0 Å². The van der Waals surface area contributed by atoms with Gasteiger partial charge < -0.3 is 10.2 Å². The first-order valence-corrected chi connectivity index (χ1v) is 10.7. The highest BCUT2D eigenvalue weighted by Gasteiger charge is 2.27. The zero-order valence-electron chi connectivity index (χ0n) is 17.4. The van der Waals surface area contributed by atoms with E-state index >= 15 is 0 Å². The zero-order chi connectivity index (χ0) is 20.9. The van der Waals surface area contributed by atoms with Crippen LogP contribution < -0.4 is 5.32 Å². The molecule has 3 aromatic rings. The quantitative estimate of drug-likeness (QED) is 0.641. The number of fused-ring (bicyclic) bond motifs is 1. The minimum atomic E-state index is -0.0161. The molecule has 2 amide bonds. The van der Waals surface area contributed by atoms with Crippen LogP contribution in [0.1, 0.15) is 35.2 Å². The smallest absolute Gasteiger partial charge is 0.253 e. The van der Waals surface area contributed by atoms with Gasteiger partial charge in [0.2, 0.25) is 5.91 Å². The van der Waals surface area contributed by atoms with Crippen molar-refractivity contribution in [2.75, 3.05) is 19.6 Å². The molecule has 0 bridgehead atoms. The Morgan fingerprint density at radius 3 is 2.57 bits per heavy atom. The molecule has 0 saturated carbocycles. The Labute approximate surface area is 176 Å². The van der Waals surface area contributed by atoms with E-state index in [2.05, 4.69) is 22.5 Å². The third kappa shape index (κ3) is 4.53. The van der Waals surface area contributed by atoms with Gasteiger partial charge in [0.25, 0.3) is 5.91 Å². The SMILES string of the molecule is Cc1ccc(C(=O)N2CCC(C(=O)NCCCn3ncc4ccccc43)CC2)cc1. The lowest BCUT2D eigenvalue weighted by atomic mass is 9.95. The first-order chi connectivity index (χ1) is 14.6. The Balaban J connectivity index is 1.20. The second-order valence-corrected chi connectivity index (χ2v) is 8.00. The van der Waals surface area contributed by atoms with E-state index in [1.807, 2.05) is 59.1 Å². The lowest BCUT2D eigenvalue weighted by molar-refractivity contribution is -0.126. The van der Waals surface area contributed by atoms with Crippen LogP contribution in [-0.4, -0.2) is 46.1 Å². The van der Waals surface area contributed by atoms with Crippen LogP contribution in [0.5, 0.6) is 0 Å². The predicted molar refractivity (Wildman–Crippen MR) is 117 cm³/mol. The van der Waals surface area contributed by atoms with Crippen LogP contribution >= 0.6 is 0 Å². The van der Waals surface area contributed by atoms with Crippen molar-refractivity contribution in [3.05, 3.63) is 65.9 Å². The van der Waals surface area contributed by atoms with Crippen LogP contribution in [-0.2, 0) is 11.3 Å². The van der Waals surface area contributed by atoms with E-state index in [0.29, 0.717) is 32.5 Å². The van der Waals surface area contributed by atoms with Crippen molar-refractivity contribution in [1.82, 2.24) is 20.0 Å². The Bertz CT molecular complexity index is 1020. The summed E-state index contributed by atoms with van der Waals surface area (Å²) in [4.78, 5) is 27.0. The van der Waals surface area contributed by atoms with E-state index in [4.69, 9.17) is 0 Å². The number of carbonyl (C=O) groups excluding carboxylic acids is 2. The summed E-state index contributed by atoms with van der Waals surface area (Å²) < 4.78 is 1.98. The molecule has 6 heteroatoms. The van der Waals surface area contributed by atoms with Gasteiger partial charge in [0.05, 0.1) is 11.7 Å². The molecule has 30 heavy (non-hydrogen) atoms. The second-order valence-electron chi connectivity index (χ2n) is 8.00. The van der Waals surface area contributed by atoms with Crippen LogP contribution in [0.4, 0.5) is 0 Å². The molecule has 1 saturated heterocycles. The molecule has 156 valence electrons. The minimum Gasteiger partial charge on any atom is -0.356 e. The molecule has 2 aromatic carbocycles. The minimum absolute atomic E-state index is 0.0161. The number of aromatic nitrogens is 2. The first-order valence-electron chi connectivity index (χ1n) is 10.7. The fourth-order valence-corrected chi connectivity index (χ4v) is 4.01. The van der Waals surface area contributed by atoms with Crippen molar-refractivity contribution >= 4 is 22.7 Å². The maximum atomic E-state index is 12.6. The third-order valence-corrected chi connectivity index (χ3v) is 5.85. The summed E-state index contributed by atoms with van der Waals surface area (Å²) >= 11 is 0. The Morgan fingerprint density at radius 2 is 1.80 bits per heavy atom. The van der Waals surface area contributed by atoms with Crippen molar-refractivity contribution in [2.24, 2.45) is 5.92 Å². The summed E-state index contributed by atoms with van der Waals surface area (Å²) in [5.74, 6) is 0.140. The molecule has 1 aromatic heterocycles. The second kappa shape index (κ2) is 9.11. The summed E-state index contributed by atoms with van der Waals surface area (Å²) in [6, 6.07) is 15.8. The van der Waals surface area contributed by atoms with E-state index in [0.717, 1.165) is 35.0 Å². The number of amides is 2. The first kappa shape index (κ1) is 20.1. The maximum absolute atomic E-state index is 12.6. The highest BCUT2D eigenvalue weighted by atomic mass is 16.2. The summed E-state index contributed by atoms with van der Waals surface area (Å²) in [6.07, 6.45) is 4.14. The standard InChI is InChI=1S/C24H28N4O2/c1-18-7-9-20(10-8-18)24(30)27-15-11-19(12-16-27)23(29)25-13-4-14-28-22-6-3-2-5-21(22)17-26-28/h2-3,5-10,17,19H,4,11-16H2,1H3,(H,25,29). The van der Waals surface area contributed by atoms with Gasteiger partial charge in [-0.1, -0.05) is 35.9 Å². The third-order valence-electron chi connectivity index (χ3n) is 5.85. The van der Waals surface area contributed by atoms with Gasteiger partial charge in [-0.15, -0.1) is 0 Å². The Morgan fingerprint density at radius 1 is 1.07 bits per heavy atom. The van der Waals surface area contributed by atoms with Gasteiger partial charge in [0.15, 0.2) is 0 Å². The number of nitrogens with one attached hydrogen (secondary N) is 1. The monoisotopic (exact) mass is 404 g/mol. The molecule has 0 aliphatic carbocycles. The Hall–Kier alpha value is -3.15. The van der Waals surface area contributed by atoms with Crippen LogP contribution in [0.25, 0.3) is 10.9 Å². The van der Waals surface area contributed by atoms with Crippen molar-refractivity contribution in [3.63, 3.8) is 0 Å². The molecule has 1 aliphatic rings. The number of benzene rings is 2. The molecule has 2 heterocycles. The number of carbonyl (C=O) groups is 2. The number of aryl methyl sites for hydroxylation is 2. The van der Waals surface area contributed by atoms with Gasteiger partial charge in [-0.3, -0.25) is 14.3 Å². The number of hydrogen-bond donors (Lipinski definition) is 1. The molecule has 0 spiro atoms. The number of piperidine rings is 1. The molecule has 0 unspecified atom stereocenters. The average Bonchev–Trinajstić information content (AvgIpc) is 3.20. The molecule has 4 rings (SSSR count). The van der Waals surface area contributed by atoms with E-state index < -0.39 is 0 Å². The number of hydrogen-bond acceptors (Lipinski definition) is 3. The van der Waals surface area contributed by atoms with Gasteiger partial charge in [-0.2, -0.15) is 5.10 Å². The van der Waals surface area contributed by atoms with Gasteiger partial charge in [-0.05, 0) is 44.4 Å². The van der Waals surface area contributed by atoms with E-state index in [1.54, 1.807) is 0 Å². The van der Waals surface area contributed by atoms with Crippen molar-refractivity contribution in [3.8, 4) is 0 Å². The zero-order valence-corrected chi connectivity index (χ0v) is 17.4. The largest absolute Gasteiger partial charge is 0.356 e. The number of rotatable bonds is 6. The van der Waals surface area contributed by atoms with E-state index in [1.165, 1.54) is 0 Å². The average molecular weight is 405 g/mol. The van der Waals surface area contributed by atoms with Crippen molar-refractivity contribution in [2.45, 2.75) is 32.7 Å². The lowest BCUT2D eigenvalue weighted by Gasteiger charge is -2.31. The van der Waals surface area contributed by atoms with Crippen molar-refractivity contribution < 1.29 is 9.59 Å². The highest BCUT2D eigenvalue weighted by molar-refractivity contribution is 5.94. The highest BCUT2D eigenvalue weighted by Crippen LogP contribution is 2.20. The summed E-state index contributed by atoms with van der Waals surface area (Å²) in [6.45, 7) is 4.68. The molecular formula is C24H28N4O2. The molecule has 1 N–H and O–H groups in total.